The van der Waals surface area contributed by atoms with Gasteiger partial charge < -0.3 is 0 Å². The van der Waals surface area contributed by atoms with Crippen LogP contribution in [0.2, 0.25) is 0 Å². The van der Waals surface area contributed by atoms with Gasteiger partial charge in [-0.05, 0) is 21.5 Å². The van der Waals surface area contributed by atoms with Crippen LogP contribution in [0.15, 0.2) is 54.6 Å². The van der Waals surface area contributed by atoms with Crippen LogP contribution in [0.5, 0.6) is 0 Å². The Hall–Kier alpha value is -1.60. The Labute approximate surface area is 92.0 Å². The first-order valence-electron chi connectivity index (χ1n) is 4.98. The number of rotatable bonds is 0. The molecular weight excluding hydrogens is 196 g/mol. The van der Waals surface area contributed by atoms with Gasteiger partial charge in [-0.2, -0.15) is 0 Å². The molecule has 0 aliphatic rings. The highest BCUT2D eigenvalue weighted by Gasteiger charge is 1.99. The van der Waals surface area contributed by atoms with Crippen LogP contribution in [0.3, 0.4) is 0 Å². The van der Waals surface area contributed by atoms with Crippen molar-refractivity contribution in [2.24, 2.45) is 0 Å². The van der Waals surface area contributed by atoms with Gasteiger partial charge in [0.15, 0.2) is 0 Å². The van der Waals surface area contributed by atoms with Gasteiger partial charge >= 0.3 is 0 Å². The summed E-state index contributed by atoms with van der Waals surface area (Å²) in [7, 11) is 3.57. The molecule has 0 saturated heterocycles. The number of fused-ring (bicyclic) bond motifs is 3. The normalized spacial score (nSPS) is 11.0. The molecule has 3 radical (unpaired) electrons. The van der Waals surface area contributed by atoms with Crippen molar-refractivity contribution in [3.05, 3.63) is 54.6 Å². The molecule has 15 heavy (non-hydrogen) atoms. The van der Waals surface area contributed by atoms with E-state index in [2.05, 4.69) is 64.8 Å². The highest BCUT2D eigenvalue weighted by molar-refractivity contribution is 6.33. The fraction of sp³-hybridized carbons (Fsp3) is 0. The first-order chi connectivity index (χ1) is 7.34. The minimum Gasteiger partial charge on any atom is -0.0667 e. The summed E-state index contributed by atoms with van der Waals surface area (Å²) in [5.41, 5.74) is 0. The summed E-state index contributed by atoms with van der Waals surface area (Å²) in [5, 5.41) is 6.33. The second-order valence-electron chi connectivity index (χ2n) is 3.72. The maximum atomic E-state index is 3.57. The van der Waals surface area contributed by atoms with Crippen LogP contribution in [0, 0.1) is 0 Å². The molecule has 0 fully saturated rings. The monoisotopic (exact) mass is 205 g/mol. The molecular formula is C14H9Si. The van der Waals surface area contributed by atoms with Gasteiger partial charge in [-0.15, -0.1) is 0 Å². The zero-order valence-corrected chi connectivity index (χ0v) is 9.20. The summed E-state index contributed by atoms with van der Waals surface area (Å²) in [6, 6.07) is 19.2. The van der Waals surface area contributed by atoms with Gasteiger partial charge in [0.05, 0.1) is 10.2 Å². The predicted molar refractivity (Wildman–Crippen MR) is 66.8 cm³/mol. The van der Waals surface area contributed by atoms with Gasteiger partial charge in [0.1, 0.15) is 0 Å². The van der Waals surface area contributed by atoms with Crippen LogP contribution >= 0.6 is 0 Å². The molecule has 0 unspecified atom stereocenters. The summed E-state index contributed by atoms with van der Waals surface area (Å²) >= 11 is 0. The molecule has 0 heterocycles. The van der Waals surface area contributed by atoms with Crippen LogP contribution in [-0.4, -0.2) is 10.2 Å². The SMILES string of the molecule is [Si]c1ccc2ccc3ccccc3c2c1. The van der Waals surface area contributed by atoms with Crippen molar-refractivity contribution in [3.8, 4) is 0 Å². The van der Waals surface area contributed by atoms with E-state index in [4.69, 9.17) is 0 Å². The fourth-order valence-corrected chi connectivity index (χ4v) is 2.23. The highest BCUT2D eigenvalue weighted by atomic mass is 28.1. The molecule has 0 aromatic heterocycles. The summed E-state index contributed by atoms with van der Waals surface area (Å²) in [6.07, 6.45) is 0. The zero-order valence-electron chi connectivity index (χ0n) is 8.20. The molecule has 0 N–H and O–H groups in total. The van der Waals surface area contributed by atoms with Crippen molar-refractivity contribution in [2.45, 2.75) is 0 Å². The average molecular weight is 205 g/mol. The molecule has 0 nitrogen and oxygen atoms in total. The van der Waals surface area contributed by atoms with E-state index in [-0.39, 0.29) is 0 Å². The topological polar surface area (TPSA) is 0 Å². The summed E-state index contributed by atoms with van der Waals surface area (Å²) in [4.78, 5) is 0. The van der Waals surface area contributed by atoms with E-state index in [1.165, 1.54) is 21.5 Å². The number of hydrogen-bond donors (Lipinski definition) is 0. The fourth-order valence-electron chi connectivity index (χ4n) is 2.00. The van der Waals surface area contributed by atoms with Crippen LogP contribution in [0.4, 0.5) is 0 Å². The Morgan fingerprint density at radius 2 is 1.33 bits per heavy atom. The van der Waals surface area contributed by atoms with Crippen molar-refractivity contribution in [1.82, 2.24) is 0 Å². The third kappa shape index (κ3) is 1.36. The van der Waals surface area contributed by atoms with Crippen molar-refractivity contribution >= 4 is 37.0 Å². The Morgan fingerprint density at radius 3 is 2.20 bits per heavy atom. The molecule has 0 spiro atoms. The summed E-state index contributed by atoms with van der Waals surface area (Å²) < 4.78 is 0. The first kappa shape index (κ1) is 8.68. The lowest BCUT2D eigenvalue weighted by Crippen LogP contribution is -1.99. The van der Waals surface area contributed by atoms with Crippen LogP contribution < -0.4 is 5.19 Å². The Balaban J connectivity index is 2.57. The molecule has 3 aromatic rings. The van der Waals surface area contributed by atoms with Gasteiger partial charge in [0.2, 0.25) is 0 Å². The summed E-state index contributed by atoms with van der Waals surface area (Å²) in [6.45, 7) is 0. The van der Waals surface area contributed by atoms with Crippen molar-refractivity contribution in [3.63, 3.8) is 0 Å². The maximum absolute atomic E-state index is 3.57. The Kier molecular flexibility index (Phi) is 1.86. The van der Waals surface area contributed by atoms with E-state index < -0.39 is 0 Å². The van der Waals surface area contributed by atoms with Crippen molar-refractivity contribution in [2.75, 3.05) is 0 Å². The lowest BCUT2D eigenvalue weighted by atomic mass is 10.0. The standard InChI is InChI=1S/C14H9Si/c15-12-8-7-11-6-5-10-3-1-2-4-13(10)14(11)9-12/h1-9H. The van der Waals surface area contributed by atoms with Crippen LogP contribution in [0.1, 0.15) is 0 Å². The highest BCUT2D eigenvalue weighted by Crippen LogP contribution is 2.23. The maximum Gasteiger partial charge on any atom is 0.0712 e. The molecule has 69 valence electrons. The molecule has 0 aliphatic heterocycles. The molecule has 0 saturated carbocycles. The molecule has 3 aromatic carbocycles. The number of benzene rings is 3. The lowest BCUT2D eigenvalue weighted by Gasteiger charge is -2.04. The number of hydrogen-bond acceptors (Lipinski definition) is 0. The quantitative estimate of drug-likeness (QED) is 0.391. The Bertz CT molecular complexity index is 641. The van der Waals surface area contributed by atoms with Crippen molar-refractivity contribution in [1.29, 1.82) is 0 Å². The van der Waals surface area contributed by atoms with Crippen LogP contribution in [-0.2, 0) is 0 Å². The second-order valence-corrected chi connectivity index (χ2v) is 4.30. The van der Waals surface area contributed by atoms with Gasteiger partial charge in [-0.3, -0.25) is 0 Å². The minimum atomic E-state index is 1.12. The molecule has 0 amide bonds. The largest absolute Gasteiger partial charge is 0.0712 e. The Morgan fingerprint density at radius 1 is 0.667 bits per heavy atom. The zero-order chi connectivity index (χ0) is 10.3. The third-order valence-corrected chi connectivity index (χ3v) is 3.06. The summed E-state index contributed by atoms with van der Waals surface area (Å²) in [5.74, 6) is 0. The molecule has 0 bridgehead atoms. The van der Waals surface area contributed by atoms with E-state index in [1.54, 1.807) is 0 Å². The van der Waals surface area contributed by atoms with Gasteiger partial charge in [-0.1, -0.05) is 59.8 Å². The van der Waals surface area contributed by atoms with E-state index in [1.807, 2.05) is 0 Å². The first-order valence-corrected chi connectivity index (χ1v) is 5.48. The predicted octanol–water partition coefficient (Wildman–Crippen LogP) is 2.79. The van der Waals surface area contributed by atoms with E-state index in [0.717, 1.165) is 5.19 Å². The van der Waals surface area contributed by atoms with Gasteiger partial charge in [-0.25, -0.2) is 0 Å². The van der Waals surface area contributed by atoms with E-state index in [0.29, 0.717) is 0 Å². The lowest BCUT2D eigenvalue weighted by molar-refractivity contribution is 1.79. The van der Waals surface area contributed by atoms with Crippen molar-refractivity contribution < 1.29 is 0 Å². The van der Waals surface area contributed by atoms with Crippen LogP contribution in [0.25, 0.3) is 21.5 Å². The molecule has 1 heteroatoms. The third-order valence-electron chi connectivity index (χ3n) is 2.75. The van der Waals surface area contributed by atoms with E-state index >= 15 is 0 Å². The minimum absolute atomic E-state index is 1.12. The molecule has 0 atom stereocenters. The van der Waals surface area contributed by atoms with Gasteiger partial charge in [0, 0.05) is 0 Å². The second kappa shape index (κ2) is 3.21. The smallest absolute Gasteiger partial charge is 0.0667 e. The molecule has 0 aliphatic carbocycles. The van der Waals surface area contributed by atoms with Gasteiger partial charge in [0.25, 0.3) is 0 Å². The average Bonchev–Trinajstić information content (AvgIpc) is 2.29. The van der Waals surface area contributed by atoms with E-state index in [9.17, 15) is 0 Å². The molecule has 3 rings (SSSR count).